The van der Waals surface area contributed by atoms with E-state index in [0.29, 0.717) is 5.41 Å². The van der Waals surface area contributed by atoms with E-state index in [1.165, 1.54) is 25.7 Å². The van der Waals surface area contributed by atoms with Gasteiger partial charge in [0.1, 0.15) is 0 Å². The molecule has 0 radical (unpaired) electrons. The molecule has 0 aromatic heterocycles. The summed E-state index contributed by atoms with van der Waals surface area (Å²) in [6.45, 7) is 8.20. The van der Waals surface area contributed by atoms with Gasteiger partial charge in [-0.25, -0.2) is 0 Å². The average molecular weight is 184 g/mol. The Morgan fingerprint density at radius 2 is 1.85 bits per heavy atom. The Kier molecular flexibility index (Phi) is 4.27. The summed E-state index contributed by atoms with van der Waals surface area (Å²) in [5.74, 6) is 0. The number of rotatable bonds is 4. The van der Waals surface area contributed by atoms with Gasteiger partial charge in [0.15, 0.2) is 0 Å². The summed E-state index contributed by atoms with van der Waals surface area (Å²) in [4.78, 5) is 0. The molecule has 1 fully saturated rings. The minimum absolute atomic E-state index is 0.00121. The first kappa shape index (κ1) is 11.1. The largest absolute Gasteiger partial charge is 0.453 e. The molecule has 1 rings (SSSR count). The van der Waals surface area contributed by atoms with Crippen LogP contribution in [-0.2, 0) is 9.31 Å². The zero-order valence-electron chi connectivity index (χ0n) is 9.14. The van der Waals surface area contributed by atoms with E-state index in [9.17, 15) is 0 Å². The summed E-state index contributed by atoms with van der Waals surface area (Å²) in [6.07, 6.45) is 4.96. The molecule has 0 aromatic carbocycles. The van der Waals surface area contributed by atoms with Crippen molar-refractivity contribution in [3.8, 4) is 0 Å². The number of hydrogen-bond acceptors (Lipinski definition) is 2. The summed E-state index contributed by atoms with van der Waals surface area (Å²) in [6, 6.07) is 0. The molecule has 0 amide bonds. The van der Waals surface area contributed by atoms with Crippen LogP contribution in [-0.4, -0.2) is 20.3 Å². The summed E-state index contributed by atoms with van der Waals surface area (Å²) in [5, 5.41) is 0. The van der Waals surface area contributed by atoms with Crippen molar-refractivity contribution in [2.75, 3.05) is 13.2 Å². The van der Waals surface area contributed by atoms with E-state index >= 15 is 0 Å². The van der Waals surface area contributed by atoms with Crippen molar-refractivity contribution in [1.82, 2.24) is 0 Å². The first-order chi connectivity index (χ1) is 6.22. The highest BCUT2D eigenvalue weighted by Crippen LogP contribution is 2.32. The second-order valence-corrected chi connectivity index (χ2v) is 4.15. The lowest BCUT2D eigenvalue weighted by Gasteiger charge is -2.38. The summed E-state index contributed by atoms with van der Waals surface area (Å²) in [5.41, 5.74) is 0.308. The summed E-state index contributed by atoms with van der Waals surface area (Å²) < 4.78 is 11.1. The molecule has 76 valence electrons. The van der Waals surface area contributed by atoms with E-state index in [4.69, 9.17) is 9.31 Å². The highest BCUT2D eigenvalue weighted by molar-refractivity contribution is 6.42. The van der Waals surface area contributed by atoms with Crippen molar-refractivity contribution in [3.63, 3.8) is 0 Å². The van der Waals surface area contributed by atoms with Gasteiger partial charge in [-0.1, -0.05) is 26.7 Å². The zero-order valence-corrected chi connectivity index (χ0v) is 9.14. The maximum atomic E-state index is 5.56. The molecule has 0 aromatic rings. The fourth-order valence-corrected chi connectivity index (χ4v) is 1.76. The third kappa shape index (κ3) is 2.99. The lowest BCUT2D eigenvalue weighted by molar-refractivity contribution is -0.00288. The quantitative estimate of drug-likeness (QED) is 0.625. The maximum Gasteiger partial charge on any atom is 0.453 e. The van der Waals surface area contributed by atoms with Gasteiger partial charge in [0, 0.05) is 18.6 Å². The normalized spacial score (nSPS) is 21.9. The zero-order chi connectivity index (χ0) is 9.73. The van der Waals surface area contributed by atoms with E-state index in [0.717, 1.165) is 13.2 Å². The van der Waals surface area contributed by atoms with Crippen molar-refractivity contribution in [2.24, 2.45) is 5.41 Å². The minimum Gasteiger partial charge on any atom is -0.411 e. The molecule has 0 bridgehead atoms. The Balaban J connectivity index is 2.40. The molecule has 1 aliphatic rings. The predicted octanol–water partition coefficient (Wildman–Crippen LogP) is 2.74. The molecule has 0 spiro atoms. The van der Waals surface area contributed by atoms with E-state index in [-0.39, 0.29) is 7.12 Å². The van der Waals surface area contributed by atoms with E-state index in [2.05, 4.69) is 13.8 Å². The molecule has 0 atom stereocenters. The molecule has 0 aliphatic carbocycles. The van der Waals surface area contributed by atoms with Crippen LogP contribution in [0.15, 0.2) is 0 Å². The molecule has 2 nitrogen and oxygen atoms in total. The van der Waals surface area contributed by atoms with E-state index < -0.39 is 0 Å². The second kappa shape index (κ2) is 5.01. The summed E-state index contributed by atoms with van der Waals surface area (Å²) in [7, 11) is 0.00121. The number of hydrogen-bond donors (Lipinski definition) is 0. The summed E-state index contributed by atoms with van der Waals surface area (Å²) >= 11 is 0. The van der Waals surface area contributed by atoms with Crippen LogP contribution in [0.4, 0.5) is 0 Å². The molecular formula is C10H21BO2. The van der Waals surface area contributed by atoms with Gasteiger partial charge < -0.3 is 9.31 Å². The molecule has 1 heterocycles. The van der Waals surface area contributed by atoms with Gasteiger partial charge in [0.2, 0.25) is 0 Å². The molecule has 3 heteroatoms. The standard InChI is InChI=1S/C10H21BO2/c1-4-6-7-10(5-2)8-12-11(3)13-9-10/h4-9H2,1-3H3. The van der Waals surface area contributed by atoms with Crippen LogP contribution in [0, 0.1) is 5.41 Å². The Labute approximate surface area is 82.1 Å². The van der Waals surface area contributed by atoms with Crippen molar-refractivity contribution in [3.05, 3.63) is 0 Å². The highest BCUT2D eigenvalue weighted by atomic mass is 16.6. The third-order valence-electron chi connectivity index (χ3n) is 3.06. The first-order valence-electron chi connectivity index (χ1n) is 5.45. The van der Waals surface area contributed by atoms with Crippen LogP contribution in [0.2, 0.25) is 6.82 Å². The molecular weight excluding hydrogens is 163 g/mol. The van der Waals surface area contributed by atoms with Gasteiger partial charge in [-0.2, -0.15) is 0 Å². The SMILES string of the molecule is CCCCC1(CC)COB(C)OC1. The fraction of sp³-hybridized carbons (Fsp3) is 1.00. The van der Waals surface area contributed by atoms with Gasteiger partial charge in [0.25, 0.3) is 0 Å². The van der Waals surface area contributed by atoms with Gasteiger partial charge in [0.05, 0.1) is 0 Å². The minimum atomic E-state index is 0.00121. The van der Waals surface area contributed by atoms with Gasteiger partial charge in [-0.05, 0) is 19.7 Å². The van der Waals surface area contributed by atoms with Crippen LogP contribution in [0.1, 0.15) is 39.5 Å². The molecule has 0 unspecified atom stereocenters. The van der Waals surface area contributed by atoms with Crippen molar-refractivity contribution in [1.29, 1.82) is 0 Å². The maximum absolute atomic E-state index is 5.56. The fourth-order valence-electron chi connectivity index (χ4n) is 1.76. The lowest BCUT2D eigenvalue weighted by Crippen LogP contribution is -2.42. The topological polar surface area (TPSA) is 18.5 Å². The van der Waals surface area contributed by atoms with Gasteiger partial charge in [-0.3, -0.25) is 0 Å². The van der Waals surface area contributed by atoms with Crippen LogP contribution in [0.3, 0.4) is 0 Å². The van der Waals surface area contributed by atoms with Crippen molar-refractivity contribution in [2.45, 2.75) is 46.4 Å². The molecule has 0 saturated carbocycles. The predicted molar refractivity (Wildman–Crippen MR) is 55.8 cm³/mol. The third-order valence-corrected chi connectivity index (χ3v) is 3.06. The Hall–Kier alpha value is -0.0151. The molecule has 0 N–H and O–H groups in total. The number of unbranched alkanes of at least 4 members (excludes halogenated alkanes) is 1. The van der Waals surface area contributed by atoms with Crippen molar-refractivity contribution >= 4 is 7.12 Å². The van der Waals surface area contributed by atoms with E-state index in [1.807, 2.05) is 6.82 Å². The van der Waals surface area contributed by atoms with Crippen molar-refractivity contribution < 1.29 is 9.31 Å². The Morgan fingerprint density at radius 1 is 1.23 bits per heavy atom. The smallest absolute Gasteiger partial charge is 0.411 e. The first-order valence-corrected chi connectivity index (χ1v) is 5.45. The highest BCUT2D eigenvalue weighted by Gasteiger charge is 2.34. The Morgan fingerprint density at radius 3 is 2.31 bits per heavy atom. The van der Waals surface area contributed by atoms with Crippen LogP contribution < -0.4 is 0 Å². The van der Waals surface area contributed by atoms with Gasteiger partial charge in [-0.15, -0.1) is 0 Å². The molecule has 1 saturated heterocycles. The van der Waals surface area contributed by atoms with Gasteiger partial charge >= 0.3 is 7.12 Å². The Bertz CT molecular complexity index is 136. The molecule has 13 heavy (non-hydrogen) atoms. The van der Waals surface area contributed by atoms with Crippen LogP contribution in [0.5, 0.6) is 0 Å². The average Bonchev–Trinajstić information content (AvgIpc) is 2.18. The molecule has 1 aliphatic heterocycles. The lowest BCUT2D eigenvalue weighted by atomic mass is 9.78. The van der Waals surface area contributed by atoms with Crippen LogP contribution >= 0.6 is 0 Å². The van der Waals surface area contributed by atoms with E-state index in [1.54, 1.807) is 0 Å². The second-order valence-electron chi connectivity index (χ2n) is 4.15. The monoisotopic (exact) mass is 184 g/mol. The van der Waals surface area contributed by atoms with Crippen LogP contribution in [0.25, 0.3) is 0 Å².